The Morgan fingerprint density at radius 3 is 2.56 bits per heavy atom. The Kier molecular flexibility index (Phi) is 4.95. The highest BCUT2D eigenvalue weighted by Crippen LogP contribution is 2.21. The number of benzene rings is 1. The zero-order valence-electron chi connectivity index (χ0n) is 8.51. The number of likely N-dealkylation sites (N-methyl/N-ethyl adjacent to an activating group) is 1. The van der Waals surface area contributed by atoms with Gasteiger partial charge in [0.1, 0.15) is 0 Å². The largest absolute Gasteiger partial charge is 0.358 e. The molecule has 0 unspecified atom stereocenters. The van der Waals surface area contributed by atoms with Crippen molar-refractivity contribution in [3.8, 4) is 0 Å². The molecule has 86 valence electrons. The highest BCUT2D eigenvalue weighted by Gasteiger charge is 2.10. The second kappa shape index (κ2) is 6.00. The maximum absolute atomic E-state index is 11.7. The molecule has 2 amide bonds. The van der Waals surface area contributed by atoms with Crippen molar-refractivity contribution in [1.82, 2.24) is 10.6 Å². The van der Waals surface area contributed by atoms with Gasteiger partial charge in [0.05, 0.1) is 12.1 Å². The monoisotopic (exact) mass is 348 g/mol. The zero-order chi connectivity index (χ0) is 12.1. The Morgan fingerprint density at radius 1 is 1.31 bits per heavy atom. The number of nitrogens with one attached hydrogen (secondary N) is 2. The quantitative estimate of drug-likeness (QED) is 0.872. The number of rotatable bonds is 3. The SMILES string of the molecule is CNC(=O)CNC(=O)c1ccc(Br)cc1Br. The van der Waals surface area contributed by atoms with Gasteiger partial charge in [-0.2, -0.15) is 0 Å². The van der Waals surface area contributed by atoms with Crippen molar-refractivity contribution >= 4 is 43.7 Å². The van der Waals surface area contributed by atoms with Gasteiger partial charge in [-0.25, -0.2) is 0 Å². The van der Waals surface area contributed by atoms with E-state index < -0.39 is 0 Å². The van der Waals surface area contributed by atoms with E-state index in [1.165, 1.54) is 7.05 Å². The average molecular weight is 350 g/mol. The molecule has 0 heterocycles. The van der Waals surface area contributed by atoms with E-state index >= 15 is 0 Å². The molecule has 0 aromatic heterocycles. The molecular weight excluding hydrogens is 340 g/mol. The Bertz CT molecular complexity index is 421. The molecule has 0 aliphatic rings. The Morgan fingerprint density at radius 2 is 2.00 bits per heavy atom. The Balaban J connectivity index is 2.70. The van der Waals surface area contributed by atoms with Crippen molar-refractivity contribution in [2.75, 3.05) is 13.6 Å². The predicted octanol–water partition coefficient (Wildman–Crippen LogP) is 1.69. The molecule has 0 spiro atoms. The van der Waals surface area contributed by atoms with Gasteiger partial charge >= 0.3 is 0 Å². The third-order valence-electron chi connectivity index (χ3n) is 1.86. The Labute approximate surface area is 110 Å². The second-order valence-corrected chi connectivity index (χ2v) is 4.75. The van der Waals surface area contributed by atoms with Gasteiger partial charge < -0.3 is 10.6 Å². The fourth-order valence-corrected chi connectivity index (χ4v) is 2.24. The summed E-state index contributed by atoms with van der Waals surface area (Å²) in [5.41, 5.74) is 0.493. The lowest BCUT2D eigenvalue weighted by atomic mass is 10.2. The van der Waals surface area contributed by atoms with E-state index in [1.807, 2.05) is 0 Å². The topological polar surface area (TPSA) is 58.2 Å². The van der Waals surface area contributed by atoms with Crippen LogP contribution in [0.15, 0.2) is 27.1 Å². The van der Waals surface area contributed by atoms with Crippen molar-refractivity contribution in [2.24, 2.45) is 0 Å². The normalized spacial score (nSPS) is 9.69. The number of halogens is 2. The van der Waals surface area contributed by atoms with Gasteiger partial charge in [-0.15, -0.1) is 0 Å². The lowest BCUT2D eigenvalue weighted by Crippen LogP contribution is -2.35. The van der Waals surface area contributed by atoms with Crippen molar-refractivity contribution in [2.45, 2.75) is 0 Å². The van der Waals surface area contributed by atoms with Gasteiger partial charge in [-0.3, -0.25) is 9.59 Å². The van der Waals surface area contributed by atoms with Crippen LogP contribution in [0.3, 0.4) is 0 Å². The smallest absolute Gasteiger partial charge is 0.252 e. The first-order valence-electron chi connectivity index (χ1n) is 4.48. The van der Waals surface area contributed by atoms with Crippen LogP contribution in [0, 0.1) is 0 Å². The standard InChI is InChI=1S/C10H10Br2N2O2/c1-13-9(15)5-14-10(16)7-3-2-6(11)4-8(7)12/h2-4H,5H2,1H3,(H,13,15)(H,14,16). The van der Waals surface area contributed by atoms with Crippen LogP contribution in [0.2, 0.25) is 0 Å². The molecule has 0 fully saturated rings. The third-order valence-corrected chi connectivity index (χ3v) is 3.01. The molecular formula is C10H10Br2N2O2. The lowest BCUT2D eigenvalue weighted by molar-refractivity contribution is -0.119. The number of hydrogen-bond donors (Lipinski definition) is 2. The fraction of sp³-hybridized carbons (Fsp3) is 0.200. The Hall–Kier alpha value is -0.880. The van der Waals surface area contributed by atoms with Crippen LogP contribution in [-0.4, -0.2) is 25.4 Å². The summed E-state index contributed by atoms with van der Waals surface area (Å²) in [6, 6.07) is 5.21. The number of hydrogen-bond acceptors (Lipinski definition) is 2. The van der Waals surface area contributed by atoms with Crippen LogP contribution < -0.4 is 10.6 Å². The van der Waals surface area contributed by atoms with E-state index in [0.717, 1.165) is 4.47 Å². The van der Waals surface area contributed by atoms with Crippen molar-refractivity contribution in [1.29, 1.82) is 0 Å². The summed E-state index contributed by atoms with van der Waals surface area (Å²) in [6.07, 6.45) is 0. The van der Waals surface area contributed by atoms with Crippen molar-refractivity contribution in [3.63, 3.8) is 0 Å². The molecule has 6 heteroatoms. The van der Waals surface area contributed by atoms with E-state index in [1.54, 1.807) is 18.2 Å². The predicted molar refractivity (Wildman–Crippen MR) is 68.2 cm³/mol. The molecule has 0 aliphatic heterocycles. The maximum Gasteiger partial charge on any atom is 0.252 e. The summed E-state index contributed by atoms with van der Waals surface area (Å²) in [5, 5.41) is 4.94. The van der Waals surface area contributed by atoms with Gasteiger partial charge in [0, 0.05) is 16.0 Å². The molecule has 16 heavy (non-hydrogen) atoms. The van der Waals surface area contributed by atoms with Crippen LogP contribution in [-0.2, 0) is 4.79 Å². The van der Waals surface area contributed by atoms with Gasteiger partial charge in [0.15, 0.2) is 0 Å². The number of carbonyl (C=O) groups excluding carboxylic acids is 2. The summed E-state index contributed by atoms with van der Waals surface area (Å²) in [5.74, 6) is -0.524. The van der Waals surface area contributed by atoms with Gasteiger partial charge in [-0.05, 0) is 34.1 Å². The molecule has 0 aliphatic carbocycles. The van der Waals surface area contributed by atoms with E-state index in [-0.39, 0.29) is 18.4 Å². The zero-order valence-corrected chi connectivity index (χ0v) is 11.7. The van der Waals surface area contributed by atoms with Crippen LogP contribution in [0.25, 0.3) is 0 Å². The molecule has 0 bridgehead atoms. The van der Waals surface area contributed by atoms with E-state index in [0.29, 0.717) is 10.0 Å². The summed E-state index contributed by atoms with van der Waals surface area (Å²) >= 11 is 6.57. The second-order valence-electron chi connectivity index (χ2n) is 2.98. The van der Waals surface area contributed by atoms with Gasteiger partial charge in [-0.1, -0.05) is 15.9 Å². The van der Waals surface area contributed by atoms with Crippen LogP contribution in [0.5, 0.6) is 0 Å². The van der Waals surface area contributed by atoms with Crippen LogP contribution in [0.4, 0.5) is 0 Å². The molecule has 1 aromatic carbocycles. The number of carbonyl (C=O) groups is 2. The molecule has 2 N–H and O–H groups in total. The van der Waals surface area contributed by atoms with Gasteiger partial charge in [0.25, 0.3) is 5.91 Å². The molecule has 0 saturated heterocycles. The summed E-state index contributed by atoms with van der Waals surface area (Å²) < 4.78 is 1.55. The van der Waals surface area contributed by atoms with E-state index in [2.05, 4.69) is 42.5 Å². The van der Waals surface area contributed by atoms with Crippen molar-refractivity contribution in [3.05, 3.63) is 32.7 Å². The summed E-state index contributed by atoms with van der Waals surface area (Å²) in [6.45, 7) is -0.0299. The van der Waals surface area contributed by atoms with E-state index in [4.69, 9.17) is 0 Å². The third kappa shape index (κ3) is 3.61. The summed E-state index contributed by atoms with van der Waals surface area (Å²) in [4.78, 5) is 22.6. The van der Waals surface area contributed by atoms with Crippen molar-refractivity contribution < 1.29 is 9.59 Å². The van der Waals surface area contributed by atoms with E-state index in [9.17, 15) is 9.59 Å². The minimum Gasteiger partial charge on any atom is -0.358 e. The maximum atomic E-state index is 11.7. The first-order chi connectivity index (χ1) is 7.54. The fourth-order valence-electron chi connectivity index (χ4n) is 1.02. The summed E-state index contributed by atoms with van der Waals surface area (Å²) in [7, 11) is 1.52. The van der Waals surface area contributed by atoms with Crippen LogP contribution in [0.1, 0.15) is 10.4 Å². The first kappa shape index (κ1) is 13.2. The van der Waals surface area contributed by atoms with Gasteiger partial charge in [0.2, 0.25) is 5.91 Å². The first-order valence-corrected chi connectivity index (χ1v) is 6.07. The molecule has 0 atom stereocenters. The molecule has 1 aromatic rings. The van der Waals surface area contributed by atoms with Crippen LogP contribution >= 0.6 is 31.9 Å². The molecule has 1 rings (SSSR count). The molecule has 4 nitrogen and oxygen atoms in total. The number of amides is 2. The molecule has 0 radical (unpaired) electrons. The highest BCUT2D eigenvalue weighted by molar-refractivity contribution is 9.11. The minimum atomic E-state index is -0.289. The highest BCUT2D eigenvalue weighted by atomic mass is 79.9. The minimum absolute atomic E-state index is 0.0299. The average Bonchev–Trinajstić information content (AvgIpc) is 2.25. The lowest BCUT2D eigenvalue weighted by Gasteiger charge is -2.06. The molecule has 0 saturated carbocycles.